The molecule has 0 bridgehead atoms. The van der Waals surface area contributed by atoms with Crippen LogP contribution in [-0.2, 0) is 33.2 Å². The highest BCUT2D eigenvalue weighted by Crippen LogP contribution is 2.33. The normalized spacial score (nSPS) is 27.8. The lowest BCUT2D eigenvalue weighted by atomic mass is 9.96. The minimum absolute atomic E-state index is 0.243. The molecule has 19 heteroatoms. The summed E-state index contributed by atoms with van der Waals surface area (Å²) in [4.78, 5) is 13.4. The van der Waals surface area contributed by atoms with Gasteiger partial charge in [0.15, 0.2) is 18.9 Å². The van der Waals surface area contributed by atoms with Gasteiger partial charge in [-0.2, -0.15) is 0 Å². The van der Waals surface area contributed by atoms with Crippen molar-refractivity contribution in [1.29, 1.82) is 0 Å². The number of hydrogen-bond donors (Lipinski definition) is 12. The first kappa shape index (κ1) is 85.0. The molecule has 1 amide bonds. The van der Waals surface area contributed by atoms with Gasteiger partial charge in [-0.25, -0.2) is 0 Å². The smallest absolute Gasteiger partial charge is 0.220 e. The molecule has 3 rings (SSSR count). The summed E-state index contributed by atoms with van der Waals surface area (Å²) in [5.74, 6) is -0.274. The molecule has 0 aliphatic carbocycles. The number of ether oxygens (including phenoxy) is 6. The summed E-state index contributed by atoms with van der Waals surface area (Å²) in [5, 5.41) is 121. The van der Waals surface area contributed by atoms with E-state index in [-0.39, 0.29) is 18.9 Å². The van der Waals surface area contributed by atoms with Gasteiger partial charge in [0.1, 0.15) is 73.2 Å². The lowest BCUT2D eigenvalue weighted by molar-refractivity contribution is -0.379. The van der Waals surface area contributed by atoms with E-state index in [9.17, 15) is 61.0 Å². The monoisotopic (exact) mass is 1330 g/mol. The number of unbranched alkanes of at least 4 members (excludes halogenated alkanes) is 36. The predicted octanol–water partition coefficient (Wildman–Crippen LogP) is 10.9. The number of hydrogen-bond acceptors (Lipinski definition) is 18. The van der Waals surface area contributed by atoms with Crippen LogP contribution < -0.4 is 5.32 Å². The Kier molecular flexibility index (Phi) is 50.8. The zero-order chi connectivity index (χ0) is 67.5. The molecule has 12 N–H and O–H groups in total. The first-order valence-electron chi connectivity index (χ1n) is 37.4. The fraction of sp³-hybridized carbons (Fsp3) is 0.878. The van der Waals surface area contributed by atoms with Crippen molar-refractivity contribution in [3.63, 3.8) is 0 Å². The molecule has 0 radical (unpaired) electrons. The van der Waals surface area contributed by atoms with Gasteiger partial charge in [0.05, 0.1) is 38.6 Å². The van der Waals surface area contributed by atoms with Gasteiger partial charge in [-0.15, -0.1) is 0 Å². The number of carbonyl (C=O) groups is 1. The molecule has 3 aliphatic rings. The Bertz CT molecular complexity index is 1870. The molecule has 19 nitrogen and oxygen atoms in total. The molecule has 17 atom stereocenters. The first-order valence-corrected chi connectivity index (χ1v) is 37.4. The standard InChI is InChI=1S/C74H135NO18/c1-3-5-7-9-11-13-15-17-19-21-23-24-25-26-27-28-29-30-31-32-34-36-38-40-42-44-46-48-50-52-62(80)75-57(58(79)51-49-47-45-43-41-39-37-35-33-22-20-18-16-14-12-10-8-6-4-2)56-88-72-68(86)65(83)70(60(54-77)90-72)93-74-69(87)66(84)71(61(55-78)91-74)92-73-67(85)64(82)63(81)59(53-76)89-73/h15,17,21,23,25-26,49,51,57-61,63-74,76-79,81-87H,3-14,16,18-20,22,24,27-48,50,52-56H2,1-2H3,(H,75,80)/b17-15-,23-21-,26-25-,51-49+. The summed E-state index contributed by atoms with van der Waals surface area (Å²) in [6.45, 7) is 1.75. The second-order valence-electron chi connectivity index (χ2n) is 26.8. The fourth-order valence-electron chi connectivity index (χ4n) is 12.6. The van der Waals surface area contributed by atoms with Gasteiger partial charge in [-0.1, -0.05) is 268 Å². The van der Waals surface area contributed by atoms with Crippen LogP contribution in [0.5, 0.6) is 0 Å². The van der Waals surface area contributed by atoms with Crippen LogP contribution in [0.2, 0.25) is 0 Å². The number of aliphatic hydroxyl groups is 11. The fourth-order valence-corrected chi connectivity index (χ4v) is 12.6. The van der Waals surface area contributed by atoms with Crippen LogP contribution in [0.15, 0.2) is 48.6 Å². The molecule has 3 aliphatic heterocycles. The quantitative estimate of drug-likeness (QED) is 0.0199. The first-order chi connectivity index (χ1) is 45.3. The van der Waals surface area contributed by atoms with E-state index < -0.39 is 124 Å². The van der Waals surface area contributed by atoms with Crippen LogP contribution in [0.1, 0.15) is 284 Å². The third-order valence-corrected chi connectivity index (χ3v) is 18.6. The number of aliphatic hydroxyl groups excluding tert-OH is 11. The van der Waals surface area contributed by atoms with Crippen LogP contribution in [-0.4, -0.2) is 193 Å². The molecule has 0 saturated carbocycles. The van der Waals surface area contributed by atoms with Crippen molar-refractivity contribution in [2.45, 2.75) is 388 Å². The summed E-state index contributed by atoms with van der Waals surface area (Å²) in [5.41, 5.74) is 0. The molecule has 17 unspecified atom stereocenters. The van der Waals surface area contributed by atoms with Crippen LogP contribution in [0.25, 0.3) is 0 Å². The maximum Gasteiger partial charge on any atom is 0.220 e. The Morgan fingerprint density at radius 1 is 0.387 bits per heavy atom. The largest absolute Gasteiger partial charge is 0.394 e. The minimum atomic E-state index is -1.98. The minimum Gasteiger partial charge on any atom is -0.394 e. The zero-order valence-corrected chi connectivity index (χ0v) is 57.7. The van der Waals surface area contributed by atoms with Gasteiger partial charge in [-0.3, -0.25) is 4.79 Å². The third-order valence-electron chi connectivity index (χ3n) is 18.6. The van der Waals surface area contributed by atoms with Gasteiger partial charge in [-0.05, 0) is 57.8 Å². The maximum atomic E-state index is 13.4. The van der Waals surface area contributed by atoms with Gasteiger partial charge >= 0.3 is 0 Å². The Morgan fingerprint density at radius 3 is 1.11 bits per heavy atom. The van der Waals surface area contributed by atoms with E-state index in [4.69, 9.17) is 28.4 Å². The second-order valence-corrected chi connectivity index (χ2v) is 26.8. The van der Waals surface area contributed by atoms with Crippen molar-refractivity contribution in [1.82, 2.24) is 5.32 Å². The summed E-state index contributed by atoms with van der Waals surface area (Å²) in [6.07, 6.45) is 40.8. The van der Waals surface area contributed by atoms with E-state index in [1.165, 1.54) is 199 Å². The van der Waals surface area contributed by atoms with Crippen molar-refractivity contribution >= 4 is 5.91 Å². The van der Waals surface area contributed by atoms with Crippen molar-refractivity contribution in [2.75, 3.05) is 26.4 Å². The topological polar surface area (TPSA) is 307 Å². The molecule has 3 heterocycles. The van der Waals surface area contributed by atoms with Gasteiger partial charge in [0.2, 0.25) is 5.91 Å². The molecule has 0 aromatic carbocycles. The molecule has 0 aromatic rings. The number of allylic oxidation sites excluding steroid dienone is 7. The Labute approximate surface area is 561 Å². The van der Waals surface area contributed by atoms with Crippen LogP contribution in [0.4, 0.5) is 0 Å². The van der Waals surface area contributed by atoms with E-state index in [1.54, 1.807) is 6.08 Å². The van der Waals surface area contributed by atoms with E-state index in [0.29, 0.717) is 6.42 Å². The third kappa shape index (κ3) is 37.0. The molecular weight excluding hydrogens is 1190 g/mol. The van der Waals surface area contributed by atoms with Gasteiger partial charge in [0, 0.05) is 6.42 Å². The Morgan fingerprint density at radius 2 is 0.710 bits per heavy atom. The maximum absolute atomic E-state index is 13.4. The summed E-state index contributed by atoms with van der Waals surface area (Å²) >= 11 is 0. The highest BCUT2D eigenvalue weighted by Gasteiger charge is 2.53. The van der Waals surface area contributed by atoms with Gasteiger partial charge in [0.25, 0.3) is 0 Å². The average molecular weight is 1330 g/mol. The lowest BCUT2D eigenvalue weighted by Crippen LogP contribution is -2.66. The number of carbonyl (C=O) groups excluding carboxylic acids is 1. The summed E-state index contributed by atoms with van der Waals surface area (Å²) < 4.78 is 34.4. The van der Waals surface area contributed by atoms with Crippen LogP contribution in [0, 0.1) is 0 Å². The lowest BCUT2D eigenvalue weighted by Gasteiger charge is -2.48. The average Bonchev–Trinajstić information content (AvgIpc) is 1.00. The highest BCUT2D eigenvalue weighted by molar-refractivity contribution is 5.76. The zero-order valence-electron chi connectivity index (χ0n) is 57.7. The molecule has 3 fully saturated rings. The second kappa shape index (κ2) is 55.6. The Hall–Kier alpha value is -2.25. The number of rotatable bonds is 58. The van der Waals surface area contributed by atoms with E-state index in [2.05, 4.69) is 55.6 Å². The number of nitrogens with one attached hydrogen (secondary N) is 1. The van der Waals surface area contributed by atoms with Crippen molar-refractivity contribution in [3.05, 3.63) is 48.6 Å². The van der Waals surface area contributed by atoms with E-state index in [0.717, 1.165) is 57.8 Å². The van der Waals surface area contributed by atoms with Crippen LogP contribution >= 0.6 is 0 Å². The summed E-state index contributed by atoms with van der Waals surface area (Å²) in [6, 6.07) is -0.975. The van der Waals surface area contributed by atoms with E-state index >= 15 is 0 Å². The molecule has 544 valence electrons. The van der Waals surface area contributed by atoms with E-state index in [1.807, 2.05) is 6.08 Å². The molecule has 0 spiro atoms. The number of amides is 1. The molecular formula is C74H135NO18. The molecule has 0 aromatic heterocycles. The van der Waals surface area contributed by atoms with Crippen LogP contribution in [0.3, 0.4) is 0 Å². The SMILES string of the molecule is CCCCCCC/C=C\C/C=C\C/C=C\CCCCCCCCCCCCCCCCC(=O)NC(COC1OC(CO)C(OC2OC(CO)C(OC3OC(CO)C(O)C(O)C3O)C(O)C2O)C(O)C1O)C(O)/C=C/CCCCCCCCCCCCCCCCCCC. The van der Waals surface area contributed by atoms with Gasteiger partial charge < -0.3 is 89.9 Å². The molecule has 93 heavy (non-hydrogen) atoms. The predicted molar refractivity (Wildman–Crippen MR) is 365 cm³/mol. The summed E-state index contributed by atoms with van der Waals surface area (Å²) in [7, 11) is 0. The molecule has 3 saturated heterocycles. The highest BCUT2D eigenvalue weighted by atomic mass is 16.8. The van der Waals surface area contributed by atoms with Crippen molar-refractivity contribution in [3.8, 4) is 0 Å². The van der Waals surface area contributed by atoms with Crippen molar-refractivity contribution in [2.24, 2.45) is 0 Å². The Balaban J connectivity index is 1.40. The van der Waals surface area contributed by atoms with Crippen molar-refractivity contribution < 1.29 is 89.4 Å².